The van der Waals surface area contributed by atoms with Crippen LogP contribution in [0.1, 0.15) is 15.9 Å². The Hall–Kier alpha value is -4.09. The number of rotatable bonds is 8. The molecule has 1 heterocycles. The molecule has 0 spiro atoms. The van der Waals surface area contributed by atoms with E-state index in [2.05, 4.69) is 20.9 Å². The van der Waals surface area contributed by atoms with Crippen molar-refractivity contribution in [2.24, 2.45) is 0 Å². The van der Waals surface area contributed by atoms with Crippen molar-refractivity contribution in [1.82, 2.24) is 5.32 Å². The summed E-state index contributed by atoms with van der Waals surface area (Å²) in [6.07, 6.45) is -4.51. The highest BCUT2D eigenvalue weighted by Crippen LogP contribution is 2.32. The summed E-state index contributed by atoms with van der Waals surface area (Å²) >= 11 is 0. The van der Waals surface area contributed by atoms with E-state index < -0.39 is 36.2 Å². The number of nitrogens with one attached hydrogen (secondary N) is 3. The third kappa shape index (κ3) is 6.81. The average Bonchev–Trinajstić information content (AvgIpc) is 2.92. The van der Waals surface area contributed by atoms with E-state index in [-0.39, 0.29) is 16.9 Å². The lowest BCUT2D eigenvalue weighted by Crippen LogP contribution is -2.46. The smallest absolute Gasteiger partial charge is 0.394 e. The standard InChI is InChI=1S/C27H27F3N4O4/c28-27(29,30)18-4-3-5-20(16-18)31-23-7-2-1-6-22(23)25(36)33-24(17-35)26(37)32-19-8-10-21(11-9-19)34-12-14-38-15-13-34/h1-11,16,24,31,35H,12-15,17H2,(H,32,37)(H,33,36). The van der Waals surface area contributed by atoms with Gasteiger partial charge in [0.05, 0.1) is 36.6 Å². The summed E-state index contributed by atoms with van der Waals surface area (Å²) < 4.78 is 44.6. The minimum Gasteiger partial charge on any atom is -0.394 e. The lowest BCUT2D eigenvalue weighted by molar-refractivity contribution is -0.137. The molecule has 4 N–H and O–H groups in total. The monoisotopic (exact) mass is 528 g/mol. The van der Waals surface area contributed by atoms with Crippen LogP contribution >= 0.6 is 0 Å². The zero-order valence-electron chi connectivity index (χ0n) is 20.3. The SMILES string of the molecule is O=C(NC(CO)C(=O)Nc1ccc(N2CCOCC2)cc1)c1ccccc1Nc1cccc(C(F)(F)F)c1. The second kappa shape index (κ2) is 12.0. The molecule has 8 nitrogen and oxygen atoms in total. The first kappa shape index (κ1) is 27.0. The van der Waals surface area contributed by atoms with Gasteiger partial charge in [-0.3, -0.25) is 9.59 Å². The van der Waals surface area contributed by atoms with E-state index in [9.17, 15) is 27.9 Å². The van der Waals surface area contributed by atoms with Crippen molar-refractivity contribution >= 4 is 34.6 Å². The van der Waals surface area contributed by atoms with Crippen LogP contribution in [0.15, 0.2) is 72.8 Å². The van der Waals surface area contributed by atoms with Gasteiger partial charge in [0.1, 0.15) is 6.04 Å². The van der Waals surface area contributed by atoms with E-state index in [1.807, 2.05) is 12.1 Å². The lowest BCUT2D eigenvalue weighted by Gasteiger charge is -2.29. The number of carbonyl (C=O) groups is 2. The number of carbonyl (C=O) groups excluding carboxylic acids is 2. The van der Waals surface area contributed by atoms with Gasteiger partial charge in [-0.05, 0) is 54.6 Å². The zero-order chi connectivity index (χ0) is 27.1. The van der Waals surface area contributed by atoms with Crippen molar-refractivity contribution < 1.29 is 32.6 Å². The Balaban J connectivity index is 1.41. The third-order valence-corrected chi connectivity index (χ3v) is 5.96. The van der Waals surface area contributed by atoms with Crippen LogP contribution < -0.4 is 20.9 Å². The molecule has 0 aliphatic carbocycles. The fourth-order valence-corrected chi connectivity index (χ4v) is 3.96. The molecule has 1 atom stereocenters. The van der Waals surface area contributed by atoms with Crippen LogP contribution in [-0.2, 0) is 15.7 Å². The number of nitrogens with zero attached hydrogens (tertiary/aromatic N) is 1. The summed E-state index contributed by atoms with van der Waals surface area (Å²) in [6, 6.07) is 16.7. The fraction of sp³-hybridized carbons (Fsp3) is 0.259. The number of morpholine rings is 1. The molecule has 1 aliphatic heterocycles. The number of hydrogen-bond donors (Lipinski definition) is 4. The maximum Gasteiger partial charge on any atom is 0.416 e. The molecule has 1 fully saturated rings. The molecule has 1 aliphatic rings. The van der Waals surface area contributed by atoms with Gasteiger partial charge in [0.25, 0.3) is 5.91 Å². The van der Waals surface area contributed by atoms with Crippen LogP contribution in [-0.4, -0.2) is 55.9 Å². The van der Waals surface area contributed by atoms with Gasteiger partial charge in [0.15, 0.2) is 0 Å². The molecular formula is C27H27F3N4O4. The Kier molecular flexibility index (Phi) is 8.49. The van der Waals surface area contributed by atoms with Gasteiger partial charge in [-0.15, -0.1) is 0 Å². The van der Waals surface area contributed by atoms with Crippen LogP contribution in [0, 0.1) is 0 Å². The van der Waals surface area contributed by atoms with E-state index in [1.54, 1.807) is 24.3 Å². The molecule has 200 valence electrons. The number of amides is 2. The quantitative estimate of drug-likeness (QED) is 0.352. The maximum absolute atomic E-state index is 13.1. The molecule has 0 saturated carbocycles. The second-order valence-corrected chi connectivity index (χ2v) is 8.59. The highest BCUT2D eigenvalue weighted by Gasteiger charge is 2.30. The molecular weight excluding hydrogens is 501 g/mol. The van der Waals surface area contributed by atoms with E-state index in [1.165, 1.54) is 24.3 Å². The van der Waals surface area contributed by atoms with E-state index in [0.29, 0.717) is 18.9 Å². The summed E-state index contributed by atoms with van der Waals surface area (Å²) in [4.78, 5) is 27.9. The number of ether oxygens (including phenoxy) is 1. The molecule has 38 heavy (non-hydrogen) atoms. The van der Waals surface area contributed by atoms with Gasteiger partial charge in [-0.25, -0.2) is 0 Å². The molecule has 1 unspecified atom stereocenters. The third-order valence-electron chi connectivity index (χ3n) is 5.96. The van der Waals surface area contributed by atoms with Crippen LogP contribution in [0.4, 0.5) is 35.9 Å². The number of benzene rings is 3. The van der Waals surface area contributed by atoms with Crippen LogP contribution in [0.5, 0.6) is 0 Å². The highest BCUT2D eigenvalue weighted by atomic mass is 19.4. The minimum absolute atomic E-state index is 0.0889. The maximum atomic E-state index is 13.1. The van der Waals surface area contributed by atoms with Crippen molar-refractivity contribution in [3.05, 3.63) is 83.9 Å². The van der Waals surface area contributed by atoms with Crippen molar-refractivity contribution in [2.75, 3.05) is 48.4 Å². The summed E-state index contributed by atoms with van der Waals surface area (Å²) in [5.41, 5.74) is 1.11. The molecule has 0 aromatic heterocycles. The first-order valence-corrected chi connectivity index (χ1v) is 11.9. The topological polar surface area (TPSA) is 103 Å². The molecule has 4 rings (SSSR count). The number of halogens is 3. The predicted octanol–water partition coefficient (Wildman–Crippen LogP) is 4.02. The Morgan fingerprint density at radius 2 is 1.66 bits per heavy atom. The summed E-state index contributed by atoms with van der Waals surface area (Å²) in [5.74, 6) is -1.31. The average molecular weight is 529 g/mol. The minimum atomic E-state index is -4.51. The van der Waals surface area contributed by atoms with E-state index in [0.717, 1.165) is 30.9 Å². The number of anilines is 4. The largest absolute Gasteiger partial charge is 0.416 e. The molecule has 1 saturated heterocycles. The Bertz CT molecular complexity index is 1260. The van der Waals surface area contributed by atoms with Crippen molar-refractivity contribution in [3.63, 3.8) is 0 Å². The molecule has 2 amide bonds. The van der Waals surface area contributed by atoms with Gasteiger partial charge in [-0.2, -0.15) is 13.2 Å². The number of alkyl halides is 3. The van der Waals surface area contributed by atoms with Crippen LogP contribution in [0.2, 0.25) is 0 Å². The highest BCUT2D eigenvalue weighted by molar-refractivity contribution is 6.04. The number of hydrogen-bond acceptors (Lipinski definition) is 6. The zero-order valence-corrected chi connectivity index (χ0v) is 20.3. The van der Waals surface area contributed by atoms with Gasteiger partial charge >= 0.3 is 6.18 Å². The van der Waals surface area contributed by atoms with E-state index in [4.69, 9.17) is 4.74 Å². The fourth-order valence-electron chi connectivity index (χ4n) is 3.96. The van der Waals surface area contributed by atoms with Gasteiger partial charge in [0, 0.05) is 30.2 Å². The number of para-hydroxylation sites is 1. The Morgan fingerprint density at radius 1 is 0.947 bits per heavy atom. The normalized spacial score (nSPS) is 14.5. The Labute approximate surface area is 217 Å². The molecule has 3 aromatic carbocycles. The molecule has 11 heteroatoms. The summed E-state index contributed by atoms with van der Waals surface area (Å²) in [6.45, 7) is 2.18. The van der Waals surface area contributed by atoms with Crippen LogP contribution in [0.25, 0.3) is 0 Å². The van der Waals surface area contributed by atoms with Crippen LogP contribution in [0.3, 0.4) is 0 Å². The molecule has 0 radical (unpaired) electrons. The second-order valence-electron chi connectivity index (χ2n) is 8.59. The number of aliphatic hydroxyl groups is 1. The summed E-state index contributed by atoms with van der Waals surface area (Å²) in [7, 11) is 0. The first-order valence-electron chi connectivity index (χ1n) is 11.9. The Morgan fingerprint density at radius 3 is 2.34 bits per heavy atom. The van der Waals surface area contributed by atoms with Gasteiger partial charge < -0.3 is 30.7 Å². The predicted molar refractivity (Wildman–Crippen MR) is 138 cm³/mol. The summed E-state index contributed by atoms with van der Waals surface area (Å²) in [5, 5.41) is 17.8. The first-order chi connectivity index (χ1) is 18.2. The van der Waals surface area contributed by atoms with E-state index >= 15 is 0 Å². The van der Waals surface area contributed by atoms with Crippen molar-refractivity contribution in [3.8, 4) is 0 Å². The molecule has 3 aromatic rings. The molecule has 0 bridgehead atoms. The van der Waals surface area contributed by atoms with Crippen molar-refractivity contribution in [2.45, 2.75) is 12.2 Å². The lowest BCUT2D eigenvalue weighted by atomic mass is 10.1. The van der Waals surface area contributed by atoms with Crippen molar-refractivity contribution in [1.29, 1.82) is 0 Å². The van der Waals surface area contributed by atoms with Gasteiger partial charge in [0.2, 0.25) is 5.91 Å². The van der Waals surface area contributed by atoms with Gasteiger partial charge in [-0.1, -0.05) is 18.2 Å². The number of aliphatic hydroxyl groups excluding tert-OH is 1.